The van der Waals surface area contributed by atoms with E-state index in [0.717, 1.165) is 36.9 Å². The summed E-state index contributed by atoms with van der Waals surface area (Å²) in [5.74, 6) is 0.221. The minimum absolute atomic E-state index is 0. The van der Waals surface area contributed by atoms with E-state index in [1.807, 2.05) is 24.9 Å². The van der Waals surface area contributed by atoms with Crippen molar-refractivity contribution in [2.24, 2.45) is 18.7 Å². The average molecular weight is 287 g/mol. The van der Waals surface area contributed by atoms with Gasteiger partial charge in [-0.15, -0.1) is 12.4 Å². The Morgan fingerprint density at radius 1 is 1.58 bits per heavy atom. The summed E-state index contributed by atoms with van der Waals surface area (Å²) >= 11 is 0. The number of aryl methyl sites for hydroxylation is 1. The number of nitrogens with one attached hydrogen (secondary N) is 1. The van der Waals surface area contributed by atoms with Crippen molar-refractivity contribution in [1.29, 1.82) is 0 Å². The van der Waals surface area contributed by atoms with E-state index in [1.54, 1.807) is 0 Å². The van der Waals surface area contributed by atoms with Crippen LogP contribution in [0.25, 0.3) is 0 Å². The third-order valence-electron chi connectivity index (χ3n) is 3.88. The molecule has 3 N–H and O–H groups in total. The fourth-order valence-electron chi connectivity index (χ4n) is 2.51. The summed E-state index contributed by atoms with van der Waals surface area (Å²) in [6.07, 6.45) is 5.70. The Labute approximate surface area is 120 Å². The second-order valence-corrected chi connectivity index (χ2v) is 5.22. The standard InChI is InChI=1S/C13H22N4O.ClH/c1-9-11(8-16-17(9)2)7-15-13(18)10-4-3-5-12(14)6-10;/h8,10,12H,3-7,14H2,1-2H3,(H,15,18);1H. The molecule has 0 radical (unpaired) electrons. The van der Waals surface area contributed by atoms with Gasteiger partial charge in [-0.3, -0.25) is 9.48 Å². The summed E-state index contributed by atoms with van der Waals surface area (Å²) in [4.78, 5) is 12.0. The second kappa shape index (κ2) is 6.91. The van der Waals surface area contributed by atoms with Crippen LogP contribution in [0, 0.1) is 12.8 Å². The Bertz CT molecular complexity index is 432. The van der Waals surface area contributed by atoms with Gasteiger partial charge in [-0.1, -0.05) is 6.42 Å². The molecule has 0 aliphatic heterocycles. The zero-order valence-corrected chi connectivity index (χ0v) is 12.4. The van der Waals surface area contributed by atoms with E-state index in [2.05, 4.69) is 10.4 Å². The molecule has 6 heteroatoms. The van der Waals surface area contributed by atoms with Gasteiger partial charge in [-0.25, -0.2) is 0 Å². The highest BCUT2D eigenvalue weighted by Gasteiger charge is 2.25. The molecule has 1 aromatic heterocycles. The average Bonchev–Trinajstić information content (AvgIpc) is 2.67. The quantitative estimate of drug-likeness (QED) is 0.879. The highest BCUT2D eigenvalue weighted by atomic mass is 35.5. The van der Waals surface area contributed by atoms with E-state index in [0.29, 0.717) is 6.54 Å². The van der Waals surface area contributed by atoms with Crippen molar-refractivity contribution >= 4 is 18.3 Å². The SMILES string of the molecule is Cc1c(CNC(=O)C2CCCC(N)C2)cnn1C.Cl. The van der Waals surface area contributed by atoms with E-state index in [1.165, 1.54) is 0 Å². The molecule has 1 amide bonds. The molecule has 2 unspecified atom stereocenters. The Hall–Kier alpha value is -1.07. The van der Waals surface area contributed by atoms with Gasteiger partial charge in [0.2, 0.25) is 5.91 Å². The maximum absolute atomic E-state index is 12.0. The first kappa shape index (κ1) is 16.0. The maximum atomic E-state index is 12.0. The number of rotatable bonds is 3. The first-order chi connectivity index (χ1) is 8.58. The van der Waals surface area contributed by atoms with Crippen molar-refractivity contribution in [3.63, 3.8) is 0 Å². The fraction of sp³-hybridized carbons (Fsp3) is 0.692. The molecule has 0 spiro atoms. The van der Waals surface area contributed by atoms with Crippen LogP contribution < -0.4 is 11.1 Å². The number of halogens is 1. The van der Waals surface area contributed by atoms with E-state index in [4.69, 9.17) is 5.73 Å². The van der Waals surface area contributed by atoms with Crippen LogP contribution in [-0.4, -0.2) is 21.7 Å². The number of carbonyl (C=O) groups excluding carboxylic acids is 1. The van der Waals surface area contributed by atoms with Crippen molar-refractivity contribution < 1.29 is 4.79 Å². The Morgan fingerprint density at radius 3 is 2.89 bits per heavy atom. The monoisotopic (exact) mass is 286 g/mol. The lowest BCUT2D eigenvalue weighted by Crippen LogP contribution is -2.37. The first-order valence-corrected chi connectivity index (χ1v) is 6.58. The van der Waals surface area contributed by atoms with Crippen molar-refractivity contribution in [1.82, 2.24) is 15.1 Å². The van der Waals surface area contributed by atoms with E-state index < -0.39 is 0 Å². The highest BCUT2D eigenvalue weighted by molar-refractivity contribution is 5.85. The molecule has 1 aromatic rings. The maximum Gasteiger partial charge on any atom is 0.223 e. The van der Waals surface area contributed by atoms with Crippen LogP contribution in [0.3, 0.4) is 0 Å². The Balaban J connectivity index is 0.00000180. The normalized spacial score (nSPS) is 22.7. The molecule has 1 heterocycles. The molecule has 5 nitrogen and oxygen atoms in total. The van der Waals surface area contributed by atoms with E-state index in [-0.39, 0.29) is 30.3 Å². The molecule has 0 saturated heterocycles. The van der Waals surface area contributed by atoms with Gasteiger partial charge in [-0.05, 0) is 26.2 Å². The fourth-order valence-corrected chi connectivity index (χ4v) is 2.51. The minimum Gasteiger partial charge on any atom is -0.352 e. The van der Waals surface area contributed by atoms with Gasteiger partial charge in [0, 0.05) is 36.8 Å². The summed E-state index contributed by atoms with van der Waals surface area (Å²) in [5, 5.41) is 7.16. The van der Waals surface area contributed by atoms with Gasteiger partial charge in [0.15, 0.2) is 0 Å². The van der Waals surface area contributed by atoms with Crippen molar-refractivity contribution in [2.75, 3.05) is 0 Å². The third kappa shape index (κ3) is 3.94. The van der Waals surface area contributed by atoms with Crippen LogP contribution in [0.15, 0.2) is 6.20 Å². The van der Waals surface area contributed by atoms with Crippen molar-refractivity contribution in [2.45, 2.75) is 45.2 Å². The molecular weight excluding hydrogens is 264 g/mol. The van der Waals surface area contributed by atoms with Crippen LogP contribution in [0.5, 0.6) is 0 Å². The van der Waals surface area contributed by atoms with E-state index >= 15 is 0 Å². The predicted octanol–water partition coefficient (Wildman–Crippen LogP) is 1.28. The minimum atomic E-state index is 0. The van der Waals surface area contributed by atoms with Crippen LogP contribution >= 0.6 is 12.4 Å². The highest BCUT2D eigenvalue weighted by Crippen LogP contribution is 2.23. The molecule has 1 saturated carbocycles. The summed E-state index contributed by atoms with van der Waals surface area (Å²) < 4.78 is 1.82. The predicted molar refractivity (Wildman–Crippen MR) is 77.0 cm³/mol. The number of nitrogens with zero attached hydrogens (tertiary/aromatic N) is 2. The molecule has 2 rings (SSSR count). The third-order valence-corrected chi connectivity index (χ3v) is 3.88. The molecule has 1 fully saturated rings. The van der Waals surface area contributed by atoms with Gasteiger partial charge in [0.05, 0.1) is 6.20 Å². The van der Waals surface area contributed by atoms with Crippen LogP contribution in [0.1, 0.15) is 36.9 Å². The van der Waals surface area contributed by atoms with Gasteiger partial charge in [-0.2, -0.15) is 5.10 Å². The number of amides is 1. The second-order valence-electron chi connectivity index (χ2n) is 5.22. The van der Waals surface area contributed by atoms with Crippen molar-refractivity contribution in [3.05, 3.63) is 17.5 Å². The molecule has 1 aliphatic carbocycles. The Kier molecular flexibility index (Phi) is 5.82. The lowest BCUT2D eigenvalue weighted by atomic mass is 9.85. The summed E-state index contributed by atoms with van der Waals surface area (Å²) in [7, 11) is 1.90. The number of aromatic nitrogens is 2. The summed E-state index contributed by atoms with van der Waals surface area (Å²) in [5.41, 5.74) is 8.07. The molecule has 108 valence electrons. The largest absolute Gasteiger partial charge is 0.352 e. The summed E-state index contributed by atoms with van der Waals surface area (Å²) in [6.45, 7) is 2.56. The lowest BCUT2D eigenvalue weighted by molar-refractivity contribution is -0.126. The topological polar surface area (TPSA) is 72.9 Å². The first-order valence-electron chi connectivity index (χ1n) is 6.58. The molecule has 2 atom stereocenters. The smallest absolute Gasteiger partial charge is 0.223 e. The van der Waals surface area contributed by atoms with Crippen LogP contribution in [-0.2, 0) is 18.4 Å². The molecular formula is C13H23ClN4O. The molecule has 0 aromatic carbocycles. The van der Waals surface area contributed by atoms with Gasteiger partial charge >= 0.3 is 0 Å². The van der Waals surface area contributed by atoms with Gasteiger partial charge in [0.1, 0.15) is 0 Å². The zero-order chi connectivity index (χ0) is 13.1. The van der Waals surface area contributed by atoms with Crippen molar-refractivity contribution in [3.8, 4) is 0 Å². The molecule has 19 heavy (non-hydrogen) atoms. The number of hydrogen-bond donors (Lipinski definition) is 2. The van der Waals surface area contributed by atoms with Gasteiger partial charge in [0.25, 0.3) is 0 Å². The molecule has 1 aliphatic rings. The molecule has 0 bridgehead atoms. The number of hydrogen-bond acceptors (Lipinski definition) is 3. The number of nitrogens with two attached hydrogens (primary N) is 1. The van der Waals surface area contributed by atoms with E-state index in [9.17, 15) is 4.79 Å². The van der Waals surface area contributed by atoms with Crippen LogP contribution in [0.2, 0.25) is 0 Å². The number of carbonyl (C=O) groups is 1. The lowest BCUT2D eigenvalue weighted by Gasteiger charge is -2.25. The zero-order valence-electron chi connectivity index (χ0n) is 11.6. The summed E-state index contributed by atoms with van der Waals surface area (Å²) in [6, 6.07) is 0.189. The van der Waals surface area contributed by atoms with Crippen LogP contribution in [0.4, 0.5) is 0 Å². The van der Waals surface area contributed by atoms with Gasteiger partial charge < -0.3 is 11.1 Å². The Morgan fingerprint density at radius 2 is 2.32 bits per heavy atom.